The molecule has 0 unspecified atom stereocenters. The lowest BCUT2D eigenvalue weighted by molar-refractivity contribution is -0.372. The quantitative estimate of drug-likeness (QED) is 0.530. The Morgan fingerprint density at radius 1 is 1.23 bits per heavy atom. The molecule has 6 nitrogen and oxygen atoms in total. The summed E-state index contributed by atoms with van der Waals surface area (Å²) in [6, 6.07) is 5.92. The second kappa shape index (κ2) is 7.78. The van der Waals surface area contributed by atoms with Crippen LogP contribution in [0, 0.1) is 0 Å². The highest BCUT2D eigenvalue weighted by molar-refractivity contribution is 5.63. The van der Waals surface area contributed by atoms with Crippen LogP contribution in [0.5, 0.6) is 0 Å². The first-order chi connectivity index (χ1) is 10.6. The van der Waals surface area contributed by atoms with Crippen LogP contribution in [0.2, 0.25) is 0 Å². The Hall–Kier alpha value is -1.34. The van der Waals surface area contributed by atoms with Crippen molar-refractivity contribution in [3.05, 3.63) is 23.8 Å². The summed E-state index contributed by atoms with van der Waals surface area (Å²) in [5.41, 5.74) is 8.98. The van der Waals surface area contributed by atoms with Crippen molar-refractivity contribution in [3.63, 3.8) is 0 Å². The van der Waals surface area contributed by atoms with E-state index in [1.165, 1.54) is 5.56 Å². The number of aliphatic hydroxyl groups is 1. The van der Waals surface area contributed by atoms with Gasteiger partial charge in [-0.2, -0.15) is 0 Å². The molecular formula is C16H26N2O4. The molecule has 1 heterocycles. The molecule has 1 aromatic carbocycles. The van der Waals surface area contributed by atoms with E-state index in [9.17, 15) is 0 Å². The number of nitrogens with zero attached hydrogens (tertiary/aromatic N) is 1. The largest absolute Gasteiger partial charge is 0.399 e. The monoisotopic (exact) mass is 310 g/mol. The molecule has 0 saturated heterocycles. The van der Waals surface area contributed by atoms with Crippen LogP contribution in [0.3, 0.4) is 0 Å². The molecule has 0 fully saturated rings. The van der Waals surface area contributed by atoms with E-state index in [4.69, 9.17) is 25.1 Å². The van der Waals surface area contributed by atoms with Crippen LogP contribution >= 0.6 is 0 Å². The molecule has 1 aliphatic rings. The maximum atomic E-state index is 9.05. The van der Waals surface area contributed by atoms with Gasteiger partial charge in [-0.15, -0.1) is 0 Å². The first-order valence-corrected chi connectivity index (χ1v) is 7.80. The van der Waals surface area contributed by atoms with Gasteiger partial charge in [-0.1, -0.05) is 0 Å². The Morgan fingerprint density at radius 3 is 2.59 bits per heavy atom. The van der Waals surface area contributed by atoms with Crippen LogP contribution in [0.25, 0.3) is 0 Å². The van der Waals surface area contributed by atoms with E-state index in [-0.39, 0.29) is 13.2 Å². The highest BCUT2D eigenvalue weighted by Gasteiger charge is 2.37. The molecule has 1 aliphatic heterocycles. The lowest BCUT2D eigenvalue weighted by Crippen LogP contribution is -2.50. The predicted molar refractivity (Wildman–Crippen MR) is 85.8 cm³/mol. The third-order valence-corrected chi connectivity index (χ3v) is 3.62. The molecule has 0 bridgehead atoms. The smallest absolute Gasteiger partial charge is 0.301 e. The fraction of sp³-hybridized carbons (Fsp3) is 0.625. The summed E-state index contributed by atoms with van der Waals surface area (Å²) in [5.74, 6) is -1.16. The van der Waals surface area contributed by atoms with Gasteiger partial charge in [-0.05, 0) is 44.0 Å². The fourth-order valence-electron chi connectivity index (χ4n) is 2.79. The SMILES string of the molecule is CCOC(CN1CCc2cc(N)ccc21)(OCC)OCCO. The number of anilines is 2. The predicted octanol–water partition coefficient (Wildman–Crippen LogP) is 1.37. The second-order valence-electron chi connectivity index (χ2n) is 5.18. The zero-order valence-electron chi connectivity index (χ0n) is 13.4. The van der Waals surface area contributed by atoms with Gasteiger partial charge in [0.25, 0.3) is 0 Å². The summed E-state index contributed by atoms with van der Waals surface area (Å²) < 4.78 is 17.2. The van der Waals surface area contributed by atoms with Gasteiger partial charge in [0.1, 0.15) is 0 Å². The Kier molecular flexibility index (Phi) is 6.02. The molecule has 1 aromatic rings. The van der Waals surface area contributed by atoms with Crippen LogP contribution < -0.4 is 10.6 Å². The highest BCUT2D eigenvalue weighted by Crippen LogP contribution is 2.32. The average Bonchev–Trinajstić information content (AvgIpc) is 2.87. The van der Waals surface area contributed by atoms with Crippen LogP contribution in [-0.4, -0.2) is 50.6 Å². The summed E-state index contributed by atoms with van der Waals surface area (Å²) in [6.45, 7) is 6.14. The van der Waals surface area contributed by atoms with Crippen molar-refractivity contribution >= 4 is 11.4 Å². The zero-order valence-corrected chi connectivity index (χ0v) is 13.4. The van der Waals surface area contributed by atoms with Gasteiger partial charge in [-0.25, -0.2) is 0 Å². The number of hydrogen-bond donors (Lipinski definition) is 2. The molecule has 0 atom stereocenters. The number of nitrogen functional groups attached to an aromatic ring is 1. The molecule has 0 aromatic heterocycles. The molecule has 3 N–H and O–H groups in total. The second-order valence-corrected chi connectivity index (χ2v) is 5.18. The van der Waals surface area contributed by atoms with Gasteiger partial charge in [0.15, 0.2) is 0 Å². The standard InChI is InChI=1S/C16H26N2O4/c1-3-20-16(21-4-2,22-10-9-19)12-18-8-7-13-11-14(17)5-6-15(13)18/h5-6,11,19H,3-4,7-10,12,17H2,1-2H3. The van der Waals surface area contributed by atoms with Crippen molar-refractivity contribution in [2.45, 2.75) is 26.2 Å². The van der Waals surface area contributed by atoms with Gasteiger partial charge < -0.3 is 30.0 Å². The number of nitrogens with two attached hydrogens (primary N) is 1. The first kappa shape index (κ1) is 17.0. The van der Waals surface area contributed by atoms with Crippen LogP contribution in [-0.2, 0) is 20.6 Å². The summed E-state index contributed by atoms with van der Waals surface area (Å²) >= 11 is 0. The maximum Gasteiger partial charge on any atom is 0.301 e. The molecule has 0 aliphatic carbocycles. The van der Waals surface area contributed by atoms with E-state index in [1.54, 1.807) is 0 Å². The van der Waals surface area contributed by atoms with Gasteiger partial charge in [0.2, 0.25) is 0 Å². The van der Waals surface area contributed by atoms with E-state index in [2.05, 4.69) is 4.90 Å². The molecule has 6 heteroatoms. The number of ether oxygens (including phenoxy) is 3. The van der Waals surface area contributed by atoms with Gasteiger partial charge in [0.05, 0.1) is 19.8 Å². The highest BCUT2D eigenvalue weighted by atomic mass is 16.9. The van der Waals surface area contributed by atoms with Gasteiger partial charge in [-0.3, -0.25) is 0 Å². The number of aliphatic hydroxyl groups excluding tert-OH is 1. The summed E-state index contributed by atoms with van der Waals surface area (Å²) in [4.78, 5) is 2.18. The van der Waals surface area contributed by atoms with Crippen molar-refractivity contribution in [2.24, 2.45) is 0 Å². The third-order valence-electron chi connectivity index (χ3n) is 3.62. The Labute approximate surface area is 131 Å². The molecular weight excluding hydrogens is 284 g/mol. The van der Waals surface area contributed by atoms with Crippen LogP contribution in [0.4, 0.5) is 11.4 Å². The molecule has 0 saturated carbocycles. The molecule has 22 heavy (non-hydrogen) atoms. The summed E-state index contributed by atoms with van der Waals surface area (Å²) in [5, 5.41) is 9.05. The van der Waals surface area contributed by atoms with Crippen molar-refractivity contribution in [3.8, 4) is 0 Å². The number of fused-ring (bicyclic) bond motifs is 1. The van der Waals surface area contributed by atoms with Gasteiger partial charge in [0, 0.05) is 31.1 Å². The Bertz CT molecular complexity index is 475. The minimum atomic E-state index is -1.16. The number of rotatable bonds is 9. The molecule has 2 rings (SSSR count). The van der Waals surface area contributed by atoms with Crippen LogP contribution in [0.1, 0.15) is 19.4 Å². The van der Waals surface area contributed by atoms with Gasteiger partial charge >= 0.3 is 5.97 Å². The Balaban J connectivity index is 2.17. The molecule has 0 radical (unpaired) electrons. The van der Waals surface area contributed by atoms with E-state index in [1.807, 2.05) is 32.0 Å². The van der Waals surface area contributed by atoms with Crippen molar-refractivity contribution in [1.29, 1.82) is 0 Å². The normalized spacial score (nSPS) is 14.4. The average molecular weight is 310 g/mol. The third kappa shape index (κ3) is 3.89. The topological polar surface area (TPSA) is 77.2 Å². The molecule has 124 valence electrons. The zero-order chi connectivity index (χ0) is 16.0. The van der Waals surface area contributed by atoms with E-state index >= 15 is 0 Å². The van der Waals surface area contributed by atoms with E-state index in [0.717, 1.165) is 24.3 Å². The summed E-state index contributed by atoms with van der Waals surface area (Å²) in [7, 11) is 0. The van der Waals surface area contributed by atoms with Crippen LogP contribution in [0.15, 0.2) is 18.2 Å². The number of hydrogen-bond acceptors (Lipinski definition) is 6. The lowest BCUT2D eigenvalue weighted by Gasteiger charge is -2.36. The first-order valence-electron chi connectivity index (χ1n) is 7.80. The van der Waals surface area contributed by atoms with Crippen molar-refractivity contribution in [1.82, 2.24) is 0 Å². The molecule has 0 amide bonds. The van der Waals surface area contributed by atoms with Crippen molar-refractivity contribution in [2.75, 3.05) is 50.2 Å². The number of benzene rings is 1. The minimum absolute atomic E-state index is 0.0744. The van der Waals surface area contributed by atoms with Crippen molar-refractivity contribution < 1.29 is 19.3 Å². The van der Waals surface area contributed by atoms with E-state index < -0.39 is 5.97 Å². The fourth-order valence-corrected chi connectivity index (χ4v) is 2.79. The molecule has 0 spiro atoms. The van der Waals surface area contributed by atoms with E-state index in [0.29, 0.717) is 19.8 Å². The maximum absolute atomic E-state index is 9.05. The minimum Gasteiger partial charge on any atom is -0.399 e. The lowest BCUT2D eigenvalue weighted by atomic mass is 10.1. The summed E-state index contributed by atoms with van der Waals surface area (Å²) in [6.07, 6.45) is 0.939. The Morgan fingerprint density at radius 2 is 1.95 bits per heavy atom.